The van der Waals surface area contributed by atoms with Gasteiger partial charge >= 0.3 is 0 Å². The van der Waals surface area contributed by atoms with E-state index in [4.69, 9.17) is 0 Å². The maximum atomic E-state index is 12.5. The maximum absolute atomic E-state index is 12.5. The van der Waals surface area contributed by atoms with Crippen LogP contribution in [-0.2, 0) is 0 Å². The lowest BCUT2D eigenvalue weighted by atomic mass is 9.89. The molecule has 1 aliphatic rings. The predicted octanol–water partition coefficient (Wildman–Crippen LogP) is 4.54. The van der Waals surface area contributed by atoms with E-state index in [-0.39, 0.29) is 5.91 Å². The normalized spacial score (nSPS) is 15.4. The predicted molar refractivity (Wildman–Crippen MR) is 100 cm³/mol. The first kappa shape index (κ1) is 15.9. The Bertz CT molecular complexity index is 877. The van der Waals surface area contributed by atoms with Crippen LogP contribution in [0.25, 0.3) is 22.2 Å². The highest BCUT2D eigenvalue weighted by Gasteiger charge is 2.15. The molecule has 0 bridgehead atoms. The summed E-state index contributed by atoms with van der Waals surface area (Å²) in [6.07, 6.45) is 8.29. The zero-order chi connectivity index (χ0) is 17.1. The zero-order valence-corrected chi connectivity index (χ0v) is 14.3. The Hall–Kier alpha value is -2.62. The van der Waals surface area contributed by atoms with E-state index in [1.165, 1.54) is 32.1 Å². The van der Waals surface area contributed by atoms with Gasteiger partial charge in [0.15, 0.2) is 0 Å². The molecule has 0 unspecified atom stereocenters. The number of nitrogens with one attached hydrogen (secondary N) is 2. The van der Waals surface area contributed by atoms with Crippen molar-refractivity contribution in [3.8, 4) is 11.3 Å². The highest BCUT2D eigenvalue weighted by molar-refractivity contribution is 5.93. The van der Waals surface area contributed by atoms with Gasteiger partial charge in [0.05, 0.1) is 5.69 Å². The largest absolute Gasteiger partial charge is 0.361 e. The quantitative estimate of drug-likeness (QED) is 0.736. The lowest BCUT2D eigenvalue weighted by Crippen LogP contribution is -2.30. The standard InChI is InChI=1S/C21H23N3O/c25-21(23-14-15-5-2-1-3-6-15)20-8-4-7-19(24-20)16-9-10-18-17(13-16)11-12-22-18/h4,7-13,15,22H,1-3,5-6,14H2,(H,23,25). The Morgan fingerprint density at radius 3 is 2.88 bits per heavy atom. The number of hydrogen-bond donors (Lipinski definition) is 2. The molecule has 0 saturated heterocycles. The second kappa shape index (κ2) is 7.09. The number of nitrogens with zero attached hydrogens (tertiary/aromatic N) is 1. The molecule has 1 amide bonds. The van der Waals surface area contributed by atoms with Crippen molar-refractivity contribution < 1.29 is 4.79 Å². The Balaban J connectivity index is 1.49. The van der Waals surface area contributed by atoms with Crippen molar-refractivity contribution in [1.29, 1.82) is 0 Å². The molecular formula is C21H23N3O. The second-order valence-corrected chi connectivity index (χ2v) is 6.90. The SMILES string of the molecule is O=C(NCC1CCCCC1)c1cccc(-c2ccc3[nH]ccc3c2)n1. The van der Waals surface area contributed by atoms with Crippen LogP contribution >= 0.6 is 0 Å². The second-order valence-electron chi connectivity index (χ2n) is 6.90. The van der Waals surface area contributed by atoms with Crippen LogP contribution in [0.1, 0.15) is 42.6 Å². The first-order valence-electron chi connectivity index (χ1n) is 9.12. The van der Waals surface area contributed by atoms with Gasteiger partial charge < -0.3 is 10.3 Å². The van der Waals surface area contributed by atoms with Crippen molar-refractivity contribution in [1.82, 2.24) is 15.3 Å². The Morgan fingerprint density at radius 1 is 1.12 bits per heavy atom. The third-order valence-electron chi connectivity index (χ3n) is 5.11. The van der Waals surface area contributed by atoms with Crippen molar-refractivity contribution in [2.45, 2.75) is 32.1 Å². The zero-order valence-electron chi connectivity index (χ0n) is 14.3. The summed E-state index contributed by atoms with van der Waals surface area (Å²) >= 11 is 0. The van der Waals surface area contributed by atoms with Gasteiger partial charge in [-0.15, -0.1) is 0 Å². The number of pyridine rings is 1. The molecular weight excluding hydrogens is 310 g/mol. The fourth-order valence-electron chi connectivity index (χ4n) is 3.65. The average molecular weight is 333 g/mol. The van der Waals surface area contributed by atoms with Crippen molar-refractivity contribution in [2.24, 2.45) is 5.92 Å². The van der Waals surface area contributed by atoms with Gasteiger partial charge in [-0.2, -0.15) is 0 Å². The number of carbonyl (C=O) groups is 1. The molecule has 128 valence electrons. The summed E-state index contributed by atoms with van der Waals surface area (Å²) in [6.45, 7) is 0.764. The monoisotopic (exact) mass is 333 g/mol. The molecule has 1 fully saturated rings. The van der Waals surface area contributed by atoms with E-state index in [1.54, 1.807) is 6.07 Å². The molecule has 3 aromatic rings. The van der Waals surface area contributed by atoms with Gasteiger partial charge in [-0.25, -0.2) is 4.98 Å². The van der Waals surface area contributed by atoms with Crippen molar-refractivity contribution in [2.75, 3.05) is 6.54 Å². The first-order valence-corrected chi connectivity index (χ1v) is 9.12. The lowest BCUT2D eigenvalue weighted by molar-refractivity contribution is 0.0938. The van der Waals surface area contributed by atoms with Crippen LogP contribution in [0.3, 0.4) is 0 Å². The summed E-state index contributed by atoms with van der Waals surface area (Å²) in [4.78, 5) is 20.2. The smallest absolute Gasteiger partial charge is 0.269 e. The molecule has 0 spiro atoms. The summed E-state index contributed by atoms with van der Waals surface area (Å²) in [5.41, 5.74) is 3.44. The van der Waals surface area contributed by atoms with Crippen LogP contribution in [0, 0.1) is 5.92 Å². The van der Waals surface area contributed by atoms with E-state index in [2.05, 4.69) is 21.4 Å². The van der Waals surface area contributed by atoms with E-state index in [9.17, 15) is 4.79 Å². The lowest BCUT2D eigenvalue weighted by Gasteiger charge is -2.21. The van der Waals surface area contributed by atoms with Gasteiger partial charge in [0.2, 0.25) is 0 Å². The minimum atomic E-state index is -0.0739. The number of aromatic nitrogens is 2. The molecule has 1 saturated carbocycles. The summed E-state index contributed by atoms with van der Waals surface area (Å²) in [7, 11) is 0. The number of rotatable bonds is 4. The van der Waals surface area contributed by atoms with E-state index in [0.717, 1.165) is 28.7 Å². The van der Waals surface area contributed by atoms with Crippen molar-refractivity contribution >= 4 is 16.8 Å². The Labute approximate surface area is 147 Å². The fourth-order valence-corrected chi connectivity index (χ4v) is 3.65. The third-order valence-corrected chi connectivity index (χ3v) is 5.11. The Kier molecular flexibility index (Phi) is 4.51. The van der Waals surface area contributed by atoms with E-state index >= 15 is 0 Å². The van der Waals surface area contributed by atoms with E-state index in [1.807, 2.05) is 36.5 Å². The van der Waals surface area contributed by atoms with Crippen molar-refractivity contribution in [3.63, 3.8) is 0 Å². The molecule has 1 aromatic carbocycles. The molecule has 0 radical (unpaired) electrons. The minimum absolute atomic E-state index is 0.0739. The van der Waals surface area contributed by atoms with Crippen LogP contribution in [0.2, 0.25) is 0 Å². The van der Waals surface area contributed by atoms with Crippen LogP contribution in [0.4, 0.5) is 0 Å². The fraction of sp³-hybridized carbons (Fsp3) is 0.333. The molecule has 0 aliphatic heterocycles. The van der Waals surface area contributed by atoms with E-state index in [0.29, 0.717) is 11.6 Å². The van der Waals surface area contributed by atoms with Gasteiger partial charge in [0.25, 0.3) is 5.91 Å². The summed E-state index contributed by atoms with van der Waals surface area (Å²) < 4.78 is 0. The number of fused-ring (bicyclic) bond motifs is 1. The van der Waals surface area contributed by atoms with Gasteiger partial charge in [-0.05, 0) is 49.1 Å². The van der Waals surface area contributed by atoms with Gasteiger partial charge in [-0.3, -0.25) is 4.79 Å². The molecule has 4 rings (SSSR count). The van der Waals surface area contributed by atoms with Gasteiger partial charge in [0.1, 0.15) is 5.69 Å². The highest BCUT2D eigenvalue weighted by Crippen LogP contribution is 2.24. The van der Waals surface area contributed by atoms with Gasteiger partial charge in [-0.1, -0.05) is 31.4 Å². The topological polar surface area (TPSA) is 57.8 Å². The number of amides is 1. The molecule has 2 N–H and O–H groups in total. The van der Waals surface area contributed by atoms with Crippen LogP contribution in [-0.4, -0.2) is 22.4 Å². The molecule has 2 aromatic heterocycles. The molecule has 4 nitrogen and oxygen atoms in total. The maximum Gasteiger partial charge on any atom is 0.269 e. The van der Waals surface area contributed by atoms with Crippen molar-refractivity contribution in [3.05, 3.63) is 54.4 Å². The molecule has 2 heterocycles. The van der Waals surface area contributed by atoms with Crippen LogP contribution in [0.15, 0.2) is 48.7 Å². The molecule has 1 aliphatic carbocycles. The number of aromatic amines is 1. The average Bonchev–Trinajstić information content (AvgIpc) is 3.15. The number of H-pyrrole nitrogens is 1. The highest BCUT2D eigenvalue weighted by atomic mass is 16.1. The molecule has 25 heavy (non-hydrogen) atoms. The summed E-state index contributed by atoms with van der Waals surface area (Å²) in [6, 6.07) is 13.9. The van der Waals surface area contributed by atoms with E-state index < -0.39 is 0 Å². The number of hydrogen-bond acceptors (Lipinski definition) is 2. The minimum Gasteiger partial charge on any atom is -0.361 e. The third kappa shape index (κ3) is 3.58. The molecule has 4 heteroatoms. The first-order chi connectivity index (χ1) is 12.3. The molecule has 0 atom stereocenters. The summed E-state index contributed by atoms with van der Waals surface area (Å²) in [5.74, 6) is 0.548. The van der Waals surface area contributed by atoms with Gasteiger partial charge in [0, 0.05) is 29.2 Å². The number of carbonyl (C=O) groups excluding carboxylic acids is 1. The van der Waals surface area contributed by atoms with Crippen LogP contribution < -0.4 is 5.32 Å². The van der Waals surface area contributed by atoms with Crippen LogP contribution in [0.5, 0.6) is 0 Å². The summed E-state index contributed by atoms with van der Waals surface area (Å²) in [5, 5.41) is 4.21. The number of benzene rings is 1. The Morgan fingerprint density at radius 2 is 2.00 bits per heavy atom.